The largest absolute Gasteiger partial charge is 0.457 e. The third-order valence-corrected chi connectivity index (χ3v) is 13.3. The van der Waals surface area contributed by atoms with Gasteiger partial charge in [-0.05, 0) is 44.9 Å². The Morgan fingerprint density at radius 2 is 0.667 bits per heavy atom. The Hall–Kier alpha value is -1.13. The van der Waals surface area contributed by atoms with Crippen LogP contribution >= 0.6 is 0 Å². The molecule has 0 aromatic carbocycles. The van der Waals surface area contributed by atoms with Crippen molar-refractivity contribution in [2.45, 2.75) is 328 Å². The molecular weight excluding hydrogens is 773 g/mol. The molecule has 0 saturated heterocycles. The van der Waals surface area contributed by atoms with Crippen molar-refractivity contribution in [3.8, 4) is 0 Å². The lowest BCUT2D eigenvalue weighted by Gasteiger charge is -2.16. The van der Waals surface area contributed by atoms with Crippen molar-refractivity contribution in [3.63, 3.8) is 0 Å². The molecule has 0 aliphatic heterocycles. The van der Waals surface area contributed by atoms with Crippen molar-refractivity contribution in [3.05, 3.63) is 24.3 Å². The standard InChI is InChI=1S/C59H114O4/c1-3-5-7-9-11-13-15-17-19-21-23-25-27-29-31-33-35-37-39-41-43-45-47-49-51-53-55-62-57-58(56-60)63-59(61)54-52-50-48-46-44-42-40-38-36-34-32-30-28-26-24-22-20-18-16-14-12-10-8-6-4-2/h15,17,21,23,58,60H,3-14,16,18-20,22,24-57H2,1-2H3/b17-15-,23-21-. The molecule has 0 aliphatic carbocycles. The van der Waals surface area contributed by atoms with Crippen molar-refractivity contribution in [1.82, 2.24) is 0 Å². The number of esters is 1. The molecule has 1 N–H and O–H groups in total. The summed E-state index contributed by atoms with van der Waals surface area (Å²) in [5.41, 5.74) is 0. The minimum atomic E-state index is -0.531. The number of carbonyl (C=O) groups excluding carboxylic acids is 1. The highest BCUT2D eigenvalue weighted by Crippen LogP contribution is 2.17. The molecule has 0 spiro atoms. The molecule has 1 unspecified atom stereocenters. The minimum Gasteiger partial charge on any atom is -0.457 e. The Balaban J connectivity index is 3.34. The van der Waals surface area contributed by atoms with Crippen molar-refractivity contribution in [2.75, 3.05) is 19.8 Å². The predicted molar refractivity (Wildman–Crippen MR) is 279 cm³/mol. The summed E-state index contributed by atoms with van der Waals surface area (Å²) in [4.78, 5) is 12.3. The van der Waals surface area contributed by atoms with E-state index < -0.39 is 6.10 Å². The maximum Gasteiger partial charge on any atom is 0.306 e. The Kier molecular flexibility index (Phi) is 56.0. The van der Waals surface area contributed by atoms with Crippen LogP contribution in [0.2, 0.25) is 0 Å². The molecule has 0 saturated carbocycles. The second-order valence-electron chi connectivity index (χ2n) is 19.7. The fraction of sp³-hybridized carbons (Fsp3) is 0.915. The summed E-state index contributed by atoms with van der Waals surface area (Å²) in [7, 11) is 0. The fourth-order valence-electron chi connectivity index (χ4n) is 8.95. The van der Waals surface area contributed by atoms with Gasteiger partial charge in [0, 0.05) is 13.0 Å². The van der Waals surface area contributed by atoms with Crippen LogP contribution < -0.4 is 0 Å². The van der Waals surface area contributed by atoms with E-state index >= 15 is 0 Å². The number of allylic oxidation sites excluding steroid dienone is 4. The van der Waals surface area contributed by atoms with E-state index in [2.05, 4.69) is 38.2 Å². The normalized spacial score (nSPS) is 12.4. The minimum absolute atomic E-state index is 0.166. The molecule has 0 rings (SSSR count). The number of aliphatic hydroxyl groups excluding tert-OH is 1. The molecular formula is C59H114O4. The molecule has 0 amide bonds. The maximum absolute atomic E-state index is 12.3. The molecule has 0 fully saturated rings. The van der Waals surface area contributed by atoms with Crippen LogP contribution in [-0.2, 0) is 14.3 Å². The highest BCUT2D eigenvalue weighted by Gasteiger charge is 2.13. The third-order valence-electron chi connectivity index (χ3n) is 13.3. The number of hydrogen-bond acceptors (Lipinski definition) is 4. The Labute approximate surface area is 396 Å². The van der Waals surface area contributed by atoms with Gasteiger partial charge in [0.2, 0.25) is 0 Å². The molecule has 1 atom stereocenters. The summed E-state index contributed by atoms with van der Waals surface area (Å²) >= 11 is 0. The fourth-order valence-corrected chi connectivity index (χ4v) is 8.95. The maximum atomic E-state index is 12.3. The van der Waals surface area contributed by atoms with E-state index in [1.54, 1.807) is 0 Å². The lowest BCUT2D eigenvalue weighted by Crippen LogP contribution is -2.27. The zero-order valence-corrected chi connectivity index (χ0v) is 43.1. The molecule has 0 heterocycles. The number of ether oxygens (including phenoxy) is 2. The van der Waals surface area contributed by atoms with E-state index in [1.807, 2.05) is 0 Å². The second-order valence-corrected chi connectivity index (χ2v) is 19.7. The molecule has 374 valence electrons. The van der Waals surface area contributed by atoms with Crippen LogP contribution in [0.25, 0.3) is 0 Å². The van der Waals surface area contributed by atoms with Gasteiger partial charge in [-0.2, -0.15) is 0 Å². The summed E-state index contributed by atoms with van der Waals surface area (Å²) in [5.74, 6) is -0.192. The van der Waals surface area contributed by atoms with Crippen molar-refractivity contribution in [1.29, 1.82) is 0 Å². The highest BCUT2D eigenvalue weighted by molar-refractivity contribution is 5.69. The molecule has 0 aromatic heterocycles. The average Bonchev–Trinajstić information content (AvgIpc) is 3.29. The van der Waals surface area contributed by atoms with Crippen LogP contribution in [0, 0.1) is 0 Å². The van der Waals surface area contributed by atoms with Gasteiger partial charge in [0.1, 0.15) is 6.10 Å². The van der Waals surface area contributed by atoms with Gasteiger partial charge >= 0.3 is 5.97 Å². The molecule has 4 nitrogen and oxygen atoms in total. The lowest BCUT2D eigenvalue weighted by atomic mass is 10.0. The van der Waals surface area contributed by atoms with Gasteiger partial charge in [0.25, 0.3) is 0 Å². The average molecular weight is 888 g/mol. The van der Waals surface area contributed by atoms with Gasteiger partial charge in [0.05, 0.1) is 13.2 Å². The summed E-state index contributed by atoms with van der Waals surface area (Å²) in [6.45, 7) is 5.40. The van der Waals surface area contributed by atoms with E-state index in [0.717, 1.165) is 25.7 Å². The van der Waals surface area contributed by atoms with Crippen molar-refractivity contribution >= 4 is 5.97 Å². The highest BCUT2D eigenvalue weighted by atomic mass is 16.6. The first-order valence-corrected chi connectivity index (χ1v) is 28.9. The van der Waals surface area contributed by atoms with Crippen molar-refractivity contribution < 1.29 is 19.4 Å². The Bertz CT molecular complexity index is 898. The first-order chi connectivity index (χ1) is 31.2. The van der Waals surface area contributed by atoms with Crippen LogP contribution in [0.15, 0.2) is 24.3 Å². The predicted octanol–water partition coefficient (Wildman–Crippen LogP) is 19.8. The van der Waals surface area contributed by atoms with E-state index in [4.69, 9.17) is 9.47 Å². The van der Waals surface area contributed by atoms with Crippen LogP contribution in [0.3, 0.4) is 0 Å². The van der Waals surface area contributed by atoms with Gasteiger partial charge in [-0.3, -0.25) is 4.79 Å². The quantitative estimate of drug-likeness (QED) is 0.0376. The Morgan fingerprint density at radius 1 is 0.381 bits per heavy atom. The third kappa shape index (κ3) is 55.1. The zero-order chi connectivity index (χ0) is 45.5. The first kappa shape index (κ1) is 61.9. The molecule has 63 heavy (non-hydrogen) atoms. The van der Waals surface area contributed by atoms with Crippen LogP contribution in [0.1, 0.15) is 322 Å². The number of aliphatic hydroxyl groups is 1. The summed E-state index contributed by atoms with van der Waals surface area (Å²) in [6.07, 6.45) is 73.0. The topological polar surface area (TPSA) is 55.8 Å². The summed E-state index contributed by atoms with van der Waals surface area (Å²) < 4.78 is 11.3. The molecule has 4 heteroatoms. The van der Waals surface area contributed by atoms with E-state index in [1.165, 1.54) is 276 Å². The zero-order valence-electron chi connectivity index (χ0n) is 43.1. The number of unbranched alkanes of at least 4 members (excludes halogenated alkanes) is 43. The second kappa shape index (κ2) is 57.0. The lowest BCUT2D eigenvalue weighted by molar-refractivity contribution is -0.154. The smallest absolute Gasteiger partial charge is 0.306 e. The molecule has 0 bridgehead atoms. The van der Waals surface area contributed by atoms with Gasteiger partial charge in [0.15, 0.2) is 0 Å². The van der Waals surface area contributed by atoms with E-state index in [0.29, 0.717) is 19.6 Å². The van der Waals surface area contributed by atoms with Gasteiger partial charge in [-0.1, -0.05) is 295 Å². The van der Waals surface area contributed by atoms with Gasteiger partial charge < -0.3 is 14.6 Å². The van der Waals surface area contributed by atoms with Crippen molar-refractivity contribution in [2.24, 2.45) is 0 Å². The molecule has 0 aromatic rings. The van der Waals surface area contributed by atoms with Crippen LogP contribution in [0.5, 0.6) is 0 Å². The molecule has 0 radical (unpaired) electrons. The summed E-state index contributed by atoms with van der Waals surface area (Å²) in [5, 5.41) is 9.68. The molecule has 0 aliphatic rings. The van der Waals surface area contributed by atoms with E-state index in [-0.39, 0.29) is 12.6 Å². The number of rotatable bonds is 55. The monoisotopic (exact) mass is 887 g/mol. The SMILES string of the molecule is CCCCCCC/C=C\C/C=C\CCCCCCCCCCCCCCCCOCC(CO)OC(=O)CCCCCCCCCCCCCCCCCCCCCCCCCCC. The first-order valence-electron chi connectivity index (χ1n) is 28.9. The van der Waals surface area contributed by atoms with Crippen LogP contribution in [0.4, 0.5) is 0 Å². The summed E-state index contributed by atoms with van der Waals surface area (Å²) in [6, 6.07) is 0. The van der Waals surface area contributed by atoms with Gasteiger partial charge in [-0.25, -0.2) is 0 Å². The van der Waals surface area contributed by atoms with Crippen LogP contribution in [-0.4, -0.2) is 37.0 Å². The Morgan fingerprint density at radius 3 is 0.984 bits per heavy atom. The van der Waals surface area contributed by atoms with Gasteiger partial charge in [-0.15, -0.1) is 0 Å². The van der Waals surface area contributed by atoms with E-state index in [9.17, 15) is 9.90 Å². The number of hydrogen-bond donors (Lipinski definition) is 1. The number of carbonyl (C=O) groups is 1.